The summed E-state index contributed by atoms with van der Waals surface area (Å²) in [6, 6.07) is 4.43. The van der Waals surface area contributed by atoms with E-state index in [0.29, 0.717) is 11.4 Å². The van der Waals surface area contributed by atoms with Gasteiger partial charge in [-0.15, -0.1) is 0 Å². The van der Waals surface area contributed by atoms with Crippen molar-refractivity contribution in [1.29, 1.82) is 0 Å². The lowest BCUT2D eigenvalue weighted by Gasteiger charge is -2.26. The van der Waals surface area contributed by atoms with E-state index in [1.807, 2.05) is 13.8 Å². The Morgan fingerprint density at radius 3 is 2.62 bits per heavy atom. The molecule has 16 heavy (non-hydrogen) atoms. The molecule has 86 valence electrons. The molecule has 0 saturated carbocycles. The molecule has 2 rings (SSSR count). The summed E-state index contributed by atoms with van der Waals surface area (Å²) >= 11 is 5.81. The predicted octanol–water partition coefficient (Wildman–Crippen LogP) is 2.86. The van der Waals surface area contributed by atoms with Crippen molar-refractivity contribution in [3.63, 3.8) is 0 Å². The summed E-state index contributed by atoms with van der Waals surface area (Å²) in [5.74, 6) is -0.402. The molecular formula is C12H13ClFNO. The molecule has 0 spiro atoms. The fourth-order valence-electron chi connectivity index (χ4n) is 2.25. The molecule has 0 bridgehead atoms. The van der Waals surface area contributed by atoms with Gasteiger partial charge in [0, 0.05) is 22.9 Å². The molecule has 1 amide bonds. The lowest BCUT2D eigenvalue weighted by molar-refractivity contribution is -0.119. The number of halogens is 2. The van der Waals surface area contributed by atoms with Crippen LogP contribution in [0.2, 0.25) is 5.02 Å². The van der Waals surface area contributed by atoms with Crippen LogP contribution in [0.1, 0.15) is 31.7 Å². The van der Waals surface area contributed by atoms with Gasteiger partial charge in [0.05, 0.1) is 0 Å². The van der Waals surface area contributed by atoms with Crippen molar-refractivity contribution >= 4 is 17.5 Å². The number of hydrogen-bond acceptors (Lipinski definition) is 1. The Morgan fingerprint density at radius 1 is 1.44 bits per heavy atom. The maximum atomic E-state index is 13.2. The summed E-state index contributed by atoms with van der Waals surface area (Å²) in [7, 11) is 0. The Hall–Kier alpha value is -1.09. The molecule has 2 nitrogen and oxygen atoms in total. The topological polar surface area (TPSA) is 29.1 Å². The minimum Gasteiger partial charge on any atom is -0.351 e. The lowest BCUT2D eigenvalue weighted by atomic mass is 9.83. The van der Waals surface area contributed by atoms with E-state index in [1.54, 1.807) is 6.07 Å². The second kappa shape index (κ2) is 3.74. The normalized spacial score (nSPS) is 23.2. The molecule has 1 saturated heterocycles. The lowest BCUT2D eigenvalue weighted by Crippen LogP contribution is -2.38. The first-order valence-corrected chi connectivity index (χ1v) is 5.53. The number of carbonyl (C=O) groups excluding carboxylic acids is 1. The third kappa shape index (κ3) is 2.05. The first-order chi connectivity index (χ1) is 7.38. The standard InChI is InChI=1S/C12H13ClFNO/c1-12(2)10(6-11(16)15-12)7-3-8(13)5-9(14)4-7/h3-5,10H,6H2,1-2H3,(H,15,16). The van der Waals surface area contributed by atoms with Gasteiger partial charge in [0.25, 0.3) is 0 Å². The van der Waals surface area contributed by atoms with E-state index in [4.69, 9.17) is 11.6 Å². The van der Waals surface area contributed by atoms with Crippen LogP contribution < -0.4 is 5.32 Å². The van der Waals surface area contributed by atoms with E-state index in [2.05, 4.69) is 5.32 Å². The molecule has 1 N–H and O–H groups in total. The van der Waals surface area contributed by atoms with E-state index in [9.17, 15) is 9.18 Å². The molecule has 1 unspecified atom stereocenters. The summed E-state index contributed by atoms with van der Waals surface area (Å²) in [5.41, 5.74) is 0.419. The first kappa shape index (κ1) is 11.4. The van der Waals surface area contributed by atoms with E-state index in [1.165, 1.54) is 12.1 Å². The van der Waals surface area contributed by atoms with Gasteiger partial charge in [-0.2, -0.15) is 0 Å². The van der Waals surface area contributed by atoms with Crippen LogP contribution in [0.25, 0.3) is 0 Å². The monoisotopic (exact) mass is 241 g/mol. The summed E-state index contributed by atoms with van der Waals surface area (Å²) in [5, 5.41) is 3.24. The quantitative estimate of drug-likeness (QED) is 0.805. The third-order valence-corrected chi connectivity index (χ3v) is 3.23. The molecule has 1 fully saturated rings. The van der Waals surface area contributed by atoms with Gasteiger partial charge < -0.3 is 5.32 Å². The van der Waals surface area contributed by atoms with Crippen molar-refractivity contribution in [1.82, 2.24) is 5.32 Å². The molecule has 1 atom stereocenters. The molecule has 1 aliphatic rings. The SMILES string of the molecule is CC1(C)NC(=O)CC1c1cc(F)cc(Cl)c1. The molecule has 0 aliphatic carbocycles. The van der Waals surface area contributed by atoms with Crippen molar-refractivity contribution in [2.45, 2.75) is 31.7 Å². The van der Waals surface area contributed by atoms with Crippen LogP contribution in [0.3, 0.4) is 0 Å². The second-order valence-electron chi connectivity index (χ2n) is 4.73. The second-order valence-corrected chi connectivity index (χ2v) is 5.17. The smallest absolute Gasteiger partial charge is 0.221 e. The Bertz CT molecular complexity index is 424. The van der Waals surface area contributed by atoms with Crippen LogP contribution in [0.4, 0.5) is 4.39 Å². The Labute approximate surface area is 98.8 Å². The highest BCUT2D eigenvalue weighted by atomic mass is 35.5. The minimum atomic E-state index is -0.363. The van der Waals surface area contributed by atoms with E-state index in [0.717, 1.165) is 5.56 Å². The fraction of sp³-hybridized carbons (Fsp3) is 0.417. The maximum absolute atomic E-state index is 13.2. The van der Waals surface area contributed by atoms with E-state index in [-0.39, 0.29) is 23.2 Å². The average molecular weight is 242 g/mol. The highest BCUT2D eigenvalue weighted by molar-refractivity contribution is 6.30. The molecule has 1 aromatic carbocycles. The molecule has 1 aromatic rings. The van der Waals surface area contributed by atoms with Gasteiger partial charge in [-0.1, -0.05) is 11.6 Å². The highest BCUT2D eigenvalue weighted by Crippen LogP contribution is 2.37. The maximum Gasteiger partial charge on any atom is 0.221 e. The van der Waals surface area contributed by atoms with Crippen LogP contribution in [0, 0.1) is 5.82 Å². The van der Waals surface area contributed by atoms with Crippen LogP contribution >= 0.6 is 11.6 Å². The van der Waals surface area contributed by atoms with E-state index >= 15 is 0 Å². The molecular weight excluding hydrogens is 229 g/mol. The van der Waals surface area contributed by atoms with Gasteiger partial charge in [0.2, 0.25) is 5.91 Å². The zero-order valence-electron chi connectivity index (χ0n) is 9.18. The average Bonchev–Trinajstić information content (AvgIpc) is 2.37. The van der Waals surface area contributed by atoms with Crippen LogP contribution in [0.15, 0.2) is 18.2 Å². The third-order valence-electron chi connectivity index (χ3n) is 3.01. The van der Waals surface area contributed by atoms with E-state index < -0.39 is 0 Å². The molecule has 4 heteroatoms. The molecule has 0 radical (unpaired) electrons. The largest absolute Gasteiger partial charge is 0.351 e. The predicted molar refractivity (Wildman–Crippen MR) is 61.0 cm³/mol. The van der Waals surface area contributed by atoms with Gasteiger partial charge in [-0.25, -0.2) is 4.39 Å². The van der Waals surface area contributed by atoms with Crippen molar-refractivity contribution < 1.29 is 9.18 Å². The molecule has 0 aromatic heterocycles. The fourth-order valence-corrected chi connectivity index (χ4v) is 2.48. The summed E-state index contributed by atoms with van der Waals surface area (Å²) < 4.78 is 13.2. The van der Waals surface area contributed by atoms with Gasteiger partial charge in [-0.3, -0.25) is 4.79 Å². The van der Waals surface area contributed by atoms with Gasteiger partial charge in [-0.05, 0) is 37.6 Å². The van der Waals surface area contributed by atoms with Gasteiger partial charge >= 0.3 is 0 Å². The summed E-state index contributed by atoms with van der Waals surface area (Å²) in [6.07, 6.45) is 0.382. The number of benzene rings is 1. The van der Waals surface area contributed by atoms with Gasteiger partial charge in [0.1, 0.15) is 5.82 Å². The number of amides is 1. The van der Waals surface area contributed by atoms with Crippen molar-refractivity contribution in [2.24, 2.45) is 0 Å². The number of rotatable bonds is 1. The highest BCUT2D eigenvalue weighted by Gasteiger charge is 2.40. The number of hydrogen-bond donors (Lipinski definition) is 1. The summed E-state index contributed by atoms with van der Waals surface area (Å²) in [6.45, 7) is 3.86. The van der Waals surface area contributed by atoms with Crippen LogP contribution in [0.5, 0.6) is 0 Å². The Morgan fingerprint density at radius 2 is 2.12 bits per heavy atom. The summed E-state index contributed by atoms with van der Waals surface area (Å²) in [4.78, 5) is 11.4. The Balaban J connectivity index is 2.40. The molecule has 1 heterocycles. The van der Waals surface area contributed by atoms with Crippen molar-refractivity contribution in [2.75, 3.05) is 0 Å². The number of nitrogens with one attached hydrogen (secondary N) is 1. The molecule has 1 aliphatic heterocycles. The zero-order valence-corrected chi connectivity index (χ0v) is 9.94. The van der Waals surface area contributed by atoms with Gasteiger partial charge in [0.15, 0.2) is 0 Å². The number of carbonyl (C=O) groups is 1. The van der Waals surface area contributed by atoms with Crippen molar-refractivity contribution in [3.8, 4) is 0 Å². The van der Waals surface area contributed by atoms with Crippen molar-refractivity contribution in [3.05, 3.63) is 34.6 Å². The van der Waals surface area contributed by atoms with Crippen LogP contribution in [-0.4, -0.2) is 11.4 Å². The minimum absolute atomic E-state index is 0.00427. The first-order valence-electron chi connectivity index (χ1n) is 5.15. The van der Waals surface area contributed by atoms with Crippen LogP contribution in [-0.2, 0) is 4.79 Å². The zero-order chi connectivity index (χ0) is 11.9. The Kier molecular flexibility index (Phi) is 2.66.